The highest BCUT2D eigenvalue weighted by molar-refractivity contribution is 9.10. The second-order valence-electron chi connectivity index (χ2n) is 4.26. The van der Waals surface area contributed by atoms with Gasteiger partial charge in [0.2, 0.25) is 0 Å². The molecule has 1 aromatic carbocycles. The Morgan fingerprint density at radius 3 is 2.88 bits per heavy atom. The number of Topliss-reactive ketones (excluding diaryl/α,β-unsaturated/α-hetero) is 1. The first-order chi connectivity index (χ1) is 7.99. The SMILES string of the molecule is CC1CC(=O)c2c(OC(N)=S)ccc(Br)c2C1. The largest absolute Gasteiger partial charge is 0.431 e. The van der Waals surface area contributed by atoms with Gasteiger partial charge in [-0.2, -0.15) is 0 Å². The molecule has 0 bridgehead atoms. The van der Waals surface area contributed by atoms with Crippen LogP contribution in [0.5, 0.6) is 5.75 Å². The van der Waals surface area contributed by atoms with Gasteiger partial charge in [0.1, 0.15) is 5.75 Å². The Morgan fingerprint density at radius 2 is 2.24 bits per heavy atom. The maximum Gasteiger partial charge on any atom is 0.259 e. The Balaban J connectivity index is 2.54. The summed E-state index contributed by atoms with van der Waals surface area (Å²) in [4.78, 5) is 12.1. The highest BCUT2D eigenvalue weighted by Crippen LogP contribution is 2.36. The Kier molecular flexibility index (Phi) is 3.49. The van der Waals surface area contributed by atoms with E-state index >= 15 is 0 Å². The van der Waals surface area contributed by atoms with Crippen LogP contribution in [0.1, 0.15) is 29.3 Å². The minimum atomic E-state index is -0.0686. The zero-order valence-corrected chi connectivity index (χ0v) is 11.7. The molecule has 0 aromatic heterocycles. The van der Waals surface area contributed by atoms with E-state index in [9.17, 15) is 4.79 Å². The summed E-state index contributed by atoms with van der Waals surface area (Å²) in [5.41, 5.74) is 6.96. The molecule has 0 fully saturated rings. The summed E-state index contributed by atoms with van der Waals surface area (Å²) in [7, 11) is 0. The molecule has 5 heteroatoms. The molecule has 1 atom stereocenters. The van der Waals surface area contributed by atoms with Crippen molar-refractivity contribution in [2.24, 2.45) is 11.7 Å². The molecule has 0 saturated carbocycles. The van der Waals surface area contributed by atoms with Gasteiger partial charge >= 0.3 is 0 Å². The van der Waals surface area contributed by atoms with Gasteiger partial charge in [-0.15, -0.1) is 0 Å². The average Bonchev–Trinajstić information content (AvgIpc) is 2.21. The van der Waals surface area contributed by atoms with Gasteiger partial charge in [0.25, 0.3) is 5.17 Å². The molecule has 0 radical (unpaired) electrons. The number of thiocarbonyl (C=S) groups is 1. The second kappa shape index (κ2) is 4.74. The molecule has 17 heavy (non-hydrogen) atoms. The van der Waals surface area contributed by atoms with Crippen LogP contribution in [-0.4, -0.2) is 11.0 Å². The van der Waals surface area contributed by atoms with Crippen LogP contribution in [0.3, 0.4) is 0 Å². The van der Waals surface area contributed by atoms with Crippen LogP contribution in [0.25, 0.3) is 0 Å². The van der Waals surface area contributed by atoms with Crippen molar-refractivity contribution in [3.05, 3.63) is 27.7 Å². The van der Waals surface area contributed by atoms with E-state index in [1.54, 1.807) is 6.07 Å². The number of rotatable bonds is 1. The summed E-state index contributed by atoms with van der Waals surface area (Å²) in [5.74, 6) is 0.908. The van der Waals surface area contributed by atoms with Crippen molar-refractivity contribution in [3.63, 3.8) is 0 Å². The lowest BCUT2D eigenvalue weighted by Gasteiger charge is -2.23. The number of nitrogens with two attached hydrogens (primary N) is 1. The smallest absolute Gasteiger partial charge is 0.259 e. The molecule has 0 amide bonds. The minimum Gasteiger partial charge on any atom is -0.431 e. The molecule has 1 unspecified atom stereocenters. The first kappa shape index (κ1) is 12.5. The fourth-order valence-corrected chi connectivity index (χ4v) is 2.72. The highest BCUT2D eigenvalue weighted by atomic mass is 79.9. The van der Waals surface area contributed by atoms with Crippen molar-refractivity contribution in [1.82, 2.24) is 0 Å². The molecule has 90 valence electrons. The predicted molar refractivity (Wildman–Crippen MR) is 73.4 cm³/mol. The quantitative estimate of drug-likeness (QED) is 0.810. The lowest BCUT2D eigenvalue weighted by atomic mass is 9.83. The number of carbonyl (C=O) groups excluding carboxylic acids is 1. The third-order valence-corrected chi connectivity index (χ3v) is 3.62. The molecule has 0 spiro atoms. The van der Waals surface area contributed by atoms with Crippen molar-refractivity contribution in [2.45, 2.75) is 19.8 Å². The lowest BCUT2D eigenvalue weighted by Crippen LogP contribution is -2.22. The lowest BCUT2D eigenvalue weighted by molar-refractivity contribution is 0.0951. The number of ether oxygens (including phenoxy) is 1. The van der Waals surface area contributed by atoms with Gasteiger partial charge in [-0.05, 0) is 42.3 Å². The van der Waals surface area contributed by atoms with Crippen molar-refractivity contribution in [1.29, 1.82) is 0 Å². The number of carbonyl (C=O) groups is 1. The number of hydrogen-bond donors (Lipinski definition) is 1. The fraction of sp³-hybridized carbons (Fsp3) is 0.333. The Labute approximate surface area is 113 Å². The van der Waals surface area contributed by atoms with Crippen LogP contribution in [0.4, 0.5) is 0 Å². The van der Waals surface area contributed by atoms with Gasteiger partial charge in [0.05, 0.1) is 5.56 Å². The third kappa shape index (κ3) is 2.50. The van der Waals surface area contributed by atoms with E-state index in [4.69, 9.17) is 22.7 Å². The van der Waals surface area contributed by atoms with E-state index in [0.29, 0.717) is 23.7 Å². The van der Waals surface area contributed by atoms with Crippen molar-refractivity contribution < 1.29 is 9.53 Å². The molecule has 0 saturated heterocycles. The standard InChI is InChI=1S/C12H12BrNO2S/c1-6-4-7-8(13)2-3-10(16-12(14)17)11(7)9(15)5-6/h2-3,6H,4-5H2,1H3,(H2,14,17). The maximum atomic E-state index is 12.1. The number of fused-ring (bicyclic) bond motifs is 1. The summed E-state index contributed by atoms with van der Waals surface area (Å²) < 4.78 is 6.17. The molecule has 1 aliphatic rings. The fourth-order valence-electron chi connectivity index (χ4n) is 2.14. The zero-order chi connectivity index (χ0) is 12.6. The van der Waals surface area contributed by atoms with Crippen LogP contribution < -0.4 is 10.5 Å². The number of benzene rings is 1. The number of hydrogen-bond acceptors (Lipinski definition) is 3. The molecule has 2 N–H and O–H groups in total. The Morgan fingerprint density at radius 1 is 1.53 bits per heavy atom. The van der Waals surface area contributed by atoms with Crippen molar-refractivity contribution >= 4 is 39.1 Å². The van der Waals surface area contributed by atoms with Gasteiger partial charge in [-0.25, -0.2) is 0 Å². The summed E-state index contributed by atoms with van der Waals surface area (Å²) >= 11 is 8.18. The van der Waals surface area contributed by atoms with E-state index < -0.39 is 0 Å². The predicted octanol–water partition coefficient (Wildman–Crippen LogP) is 2.84. The minimum absolute atomic E-state index is 0.0686. The van der Waals surface area contributed by atoms with E-state index in [1.807, 2.05) is 6.07 Å². The van der Waals surface area contributed by atoms with Crippen molar-refractivity contribution in [3.8, 4) is 5.75 Å². The van der Waals surface area contributed by atoms with Gasteiger partial charge in [0, 0.05) is 10.9 Å². The Bertz CT molecular complexity index is 502. The molecule has 3 nitrogen and oxygen atoms in total. The molecule has 0 aliphatic heterocycles. The van der Waals surface area contributed by atoms with Gasteiger partial charge in [0.15, 0.2) is 5.78 Å². The maximum absolute atomic E-state index is 12.1. The summed E-state index contributed by atoms with van der Waals surface area (Å²) in [5, 5.41) is -0.0686. The average molecular weight is 314 g/mol. The van der Waals surface area contributed by atoms with Crippen molar-refractivity contribution in [2.75, 3.05) is 0 Å². The zero-order valence-electron chi connectivity index (χ0n) is 9.33. The van der Waals surface area contributed by atoms with Crippen LogP contribution in [-0.2, 0) is 6.42 Å². The highest BCUT2D eigenvalue weighted by Gasteiger charge is 2.27. The third-order valence-electron chi connectivity index (χ3n) is 2.79. The number of halogens is 1. The van der Waals surface area contributed by atoms with Gasteiger partial charge in [-0.1, -0.05) is 22.9 Å². The van der Waals surface area contributed by atoms with E-state index in [-0.39, 0.29) is 11.0 Å². The second-order valence-corrected chi connectivity index (χ2v) is 5.51. The normalized spacial score (nSPS) is 18.7. The first-order valence-corrected chi connectivity index (χ1v) is 6.51. The summed E-state index contributed by atoms with van der Waals surface area (Å²) in [6, 6.07) is 3.58. The molecule has 1 aromatic rings. The van der Waals surface area contributed by atoms with Crippen LogP contribution >= 0.6 is 28.1 Å². The topological polar surface area (TPSA) is 52.3 Å². The number of ketones is 1. The summed E-state index contributed by atoms with van der Waals surface area (Å²) in [6.45, 7) is 2.06. The van der Waals surface area contributed by atoms with E-state index in [2.05, 4.69) is 22.9 Å². The molecule has 2 rings (SSSR count). The molecule has 0 heterocycles. The monoisotopic (exact) mass is 313 g/mol. The van der Waals surface area contributed by atoms with E-state index in [0.717, 1.165) is 16.5 Å². The van der Waals surface area contributed by atoms with Gasteiger partial charge < -0.3 is 10.5 Å². The van der Waals surface area contributed by atoms with Crippen LogP contribution in [0.2, 0.25) is 0 Å². The summed E-state index contributed by atoms with van der Waals surface area (Å²) in [6.07, 6.45) is 1.40. The molecular weight excluding hydrogens is 302 g/mol. The first-order valence-electron chi connectivity index (χ1n) is 5.31. The Hall–Kier alpha value is -0.940. The molecule has 1 aliphatic carbocycles. The van der Waals surface area contributed by atoms with Crippen LogP contribution in [0, 0.1) is 5.92 Å². The molecular formula is C12H12BrNO2S. The van der Waals surface area contributed by atoms with Gasteiger partial charge in [-0.3, -0.25) is 4.79 Å². The van der Waals surface area contributed by atoms with Crippen LogP contribution in [0.15, 0.2) is 16.6 Å². The van der Waals surface area contributed by atoms with E-state index in [1.165, 1.54) is 0 Å².